The molecule has 3 aromatic rings. The zero-order chi connectivity index (χ0) is 20.7. The van der Waals surface area contributed by atoms with E-state index in [1.807, 2.05) is 6.20 Å². The molecule has 1 saturated heterocycles. The van der Waals surface area contributed by atoms with Gasteiger partial charge < -0.3 is 9.80 Å². The van der Waals surface area contributed by atoms with Crippen LogP contribution >= 0.6 is 11.6 Å². The summed E-state index contributed by atoms with van der Waals surface area (Å²) in [5.41, 5.74) is 6.64. The molecule has 0 radical (unpaired) electrons. The van der Waals surface area contributed by atoms with Gasteiger partial charge in [0.2, 0.25) is 0 Å². The van der Waals surface area contributed by atoms with Crippen LogP contribution in [0.25, 0.3) is 11.3 Å². The van der Waals surface area contributed by atoms with Crippen LogP contribution in [0.15, 0.2) is 36.7 Å². The molecule has 5 heterocycles. The summed E-state index contributed by atoms with van der Waals surface area (Å²) in [6.07, 6.45) is 7.11. The van der Waals surface area contributed by atoms with E-state index in [2.05, 4.69) is 57.9 Å². The van der Waals surface area contributed by atoms with E-state index in [4.69, 9.17) is 16.6 Å². The molecule has 0 aliphatic carbocycles. The SMILES string of the molecule is Cc1cnc(-c2cc(N3CCc4nc(N5CCCC5)ccc4C3)ncc2Cl)c(C)c1. The Labute approximate surface area is 182 Å². The Morgan fingerprint density at radius 1 is 0.900 bits per heavy atom. The Morgan fingerprint density at radius 2 is 1.73 bits per heavy atom. The molecule has 30 heavy (non-hydrogen) atoms. The number of halogens is 1. The summed E-state index contributed by atoms with van der Waals surface area (Å²) < 4.78 is 0. The van der Waals surface area contributed by atoms with Crippen molar-refractivity contribution in [2.75, 3.05) is 29.4 Å². The summed E-state index contributed by atoms with van der Waals surface area (Å²) in [7, 11) is 0. The highest BCUT2D eigenvalue weighted by molar-refractivity contribution is 6.33. The number of aryl methyl sites for hydroxylation is 2. The molecule has 5 nitrogen and oxygen atoms in total. The van der Waals surface area contributed by atoms with E-state index in [-0.39, 0.29) is 0 Å². The molecule has 2 aliphatic rings. The van der Waals surface area contributed by atoms with Gasteiger partial charge in [-0.05, 0) is 55.5 Å². The van der Waals surface area contributed by atoms with E-state index < -0.39 is 0 Å². The van der Waals surface area contributed by atoms with Crippen molar-refractivity contribution in [1.29, 1.82) is 0 Å². The van der Waals surface area contributed by atoms with Crippen molar-refractivity contribution >= 4 is 23.2 Å². The van der Waals surface area contributed by atoms with Gasteiger partial charge in [0.25, 0.3) is 0 Å². The lowest BCUT2D eigenvalue weighted by atomic mass is 10.0. The number of nitrogens with zero attached hydrogens (tertiary/aromatic N) is 5. The van der Waals surface area contributed by atoms with Crippen molar-refractivity contribution in [3.8, 4) is 11.3 Å². The molecule has 0 spiro atoms. The highest BCUT2D eigenvalue weighted by Gasteiger charge is 2.22. The molecule has 2 aliphatic heterocycles. The van der Waals surface area contributed by atoms with E-state index in [0.29, 0.717) is 5.02 Å². The maximum Gasteiger partial charge on any atom is 0.129 e. The number of aromatic nitrogens is 3. The second kappa shape index (κ2) is 7.88. The Morgan fingerprint density at radius 3 is 2.53 bits per heavy atom. The summed E-state index contributed by atoms with van der Waals surface area (Å²) in [5, 5.41) is 0.632. The van der Waals surface area contributed by atoms with Crippen molar-refractivity contribution < 1.29 is 0 Å². The molecule has 0 atom stereocenters. The molecule has 0 bridgehead atoms. The van der Waals surface area contributed by atoms with Crippen LogP contribution in [0.4, 0.5) is 11.6 Å². The van der Waals surface area contributed by atoms with Gasteiger partial charge in [0, 0.05) is 56.3 Å². The van der Waals surface area contributed by atoms with Crippen LogP contribution in [0.2, 0.25) is 5.02 Å². The average Bonchev–Trinajstić information content (AvgIpc) is 3.29. The fraction of sp³-hybridized carbons (Fsp3) is 0.375. The molecule has 0 unspecified atom stereocenters. The summed E-state index contributed by atoms with van der Waals surface area (Å²) >= 11 is 6.51. The highest BCUT2D eigenvalue weighted by Crippen LogP contribution is 2.33. The molecule has 154 valence electrons. The lowest BCUT2D eigenvalue weighted by Crippen LogP contribution is -2.32. The first-order valence-electron chi connectivity index (χ1n) is 10.7. The summed E-state index contributed by atoms with van der Waals surface area (Å²) in [4.78, 5) is 18.9. The number of anilines is 2. The second-order valence-electron chi connectivity index (χ2n) is 8.34. The monoisotopic (exact) mass is 419 g/mol. The smallest absolute Gasteiger partial charge is 0.129 e. The predicted molar refractivity (Wildman–Crippen MR) is 122 cm³/mol. The minimum absolute atomic E-state index is 0.632. The van der Waals surface area contributed by atoms with E-state index in [1.165, 1.54) is 24.1 Å². The van der Waals surface area contributed by atoms with Gasteiger partial charge in [0.05, 0.1) is 10.7 Å². The van der Waals surface area contributed by atoms with Crippen molar-refractivity contribution in [2.45, 2.75) is 39.7 Å². The first-order valence-corrected chi connectivity index (χ1v) is 11.0. The van der Waals surface area contributed by atoms with E-state index in [0.717, 1.165) is 66.6 Å². The van der Waals surface area contributed by atoms with Gasteiger partial charge in [0.15, 0.2) is 0 Å². The molecule has 6 heteroatoms. The maximum absolute atomic E-state index is 6.51. The Hall–Kier alpha value is -2.66. The largest absolute Gasteiger partial charge is 0.357 e. The van der Waals surface area contributed by atoms with Crippen LogP contribution in [0, 0.1) is 13.8 Å². The Bertz CT molecular complexity index is 1090. The van der Waals surface area contributed by atoms with Gasteiger partial charge in [-0.1, -0.05) is 23.7 Å². The lowest BCUT2D eigenvalue weighted by molar-refractivity contribution is 0.701. The number of fused-ring (bicyclic) bond motifs is 1. The fourth-order valence-corrected chi connectivity index (χ4v) is 4.69. The van der Waals surface area contributed by atoms with Crippen LogP contribution in [0.3, 0.4) is 0 Å². The fourth-order valence-electron chi connectivity index (χ4n) is 4.50. The number of rotatable bonds is 3. The van der Waals surface area contributed by atoms with Gasteiger partial charge >= 0.3 is 0 Å². The molecular weight excluding hydrogens is 394 g/mol. The zero-order valence-electron chi connectivity index (χ0n) is 17.5. The van der Waals surface area contributed by atoms with Crippen LogP contribution in [0.5, 0.6) is 0 Å². The topological polar surface area (TPSA) is 45.2 Å². The second-order valence-corrected chi connectivity index (χ2v) is 8.75. The first-order chi connectivity index (χ1) is 14.6. The van der Waals surface area contributed by atoms with Crippen molar-refractivity contribution in [1.82, 2.24) is 15.0 Å². The molecule has 3 aromatic heterocycles. The van der Waals surface area contributed by atoms with E-state index >= 15 is 0 Å². The Balaban J connectivity index is 1.42. The van der Waals surface area contributed by atoms with Crippen LogP contribution in [-0.2, 0) is 13.0 Å². The lowest BCUT2D eigenvalue weighted by Gasteiger charge is -2.30. The van der Waals surface area contributed by atoms with Gasteiger partial charge in [-0.25, -0.2) is 9.97 Å². The minimum Gasteiger partial charge on any atom is -0.357 e. The average molecular weight is 420 g/mol. The molecule has 0 saturated carbocycles. The van der Waals surface area contributed by atoms with Gasteiger partial charge in [-0.15, -0.1) is 0 Å². The summed E-state index contributed by atoms with van der Waals surface area (Å²) in [6.45, 7) is 8.10. The third kappa shape index (κ3) is 3.63. The molecule has 0 aromatic carbocycles. The van der Waals surface area contributed by atoms with Gasteiger partial charge in [-0.3, -0.25) is 4.98 Å². The van der Waals surface area contributed by atoms with Crippen LogP contribution in [0.1, 0.15) is 35.2 Å². The van der Waals surface area contributed by atoms with Crippen LogP contribution in [-0.4, -0.2) is 34.6 Å². The van der Waals surface area contributed by atoms with Crippen molar-refractivity contribution in [3.05, 3.63) is 64.1 Å². The molecular formula is C24H26ClN5. The summed E-state index contributed by atoms with van der Waals surface area (Å²) in [5.74, 6) is 2.07. The highest BCUT2D eigenvalue weighted by atomic mass is 35.5. The third-order valence-electron chi connectivity index (χ3n) is 6.10. The normalized spacial score (nSPS) is 16.1. The van der Waals surface area contributed by atoms with Gasteiger partial charge in [-0.2, -0.15) is 0 Å². The Kier molecular flexibility index (Phi) is 5.07. The summed E-state index contributed by atoms with van der Waals surface area (Å²) in [6, 6.07) is 8.63. The number of hydrogen-bond donors (Lipinski definition) is 0. The first kappa shape index (κ1) is 19.3. The zero-order valence-corrected chi connectivity index (χ0v) is 18.3. The minimum atomic E-state index is 0.632. The predicted octanol–water partition coefficient (Wildman–Crippen LogP) is 4.97. The maximum atomic E-state index is 6.51. The standard InChI is InChI=1S/C24H26ClN5/c1-16-11-17(2)24(27-13-16)19-12-23(26-14-20(19)25)30-10-7-21-18(15-30)5-6-22(28-21)29-8-3-4-9-29/h5-6,11-14H,3-4,7-10,15H2,1-2H3. The molecule has 1 fully saturated rings. The van der Waals surface area contributed by atoms with Crippen LogP contribution < -0.4 is 9.80 Å². The van der Waals surface area contributed by atoms with E-state index in [1.54, 1.807) is 6.20 Å². The van der Waals surface area contributed by atoms with E-state index in [9.17, 15) is 0 Å². The number of pyridine rings is 3. The van der Waals surface area contributed by atoms with Crippen molar-refractivity contribution in [3.63, 3.8) is 0 Å². The molecule has 0 amide bonds. The quantitative estimate of drug-likeness (QED) is 0.599. The molecule has 0 N–H and O–H groups in total. The van der Waals surface area contributed by atoms with Crippen molar-refractivity contribution in [2.24, 2.45) is 0 Å². The number of hydrogen-bond acceptors (Lipinski definition) is 5. The molecule has 5 rings (SSSR count). The van der Waals surface area contributed by atoms with Gasteiger partial charge in [0.1, 0.15) is 11.6 Å². The third-order valence-corrected chi connectivity index (χ3v) is 6.40.